The fourth-order valence-corrected chi connectivity index (χ4v) is 1.80. The monoisotopic (exact) mass is 227 g/mol. The molecule has 1 rings (SSSR count). The van der Waals surface area contributed by atoms with Crippen LogP contribution in [0, 0.1) is 0 Å². The zero-order valence-electron chi connectivity index (χ0n) is 9.86. The number of hydrogen-bond acceptors (Lipinski definition) is 3. The van der Waals surface area contributed by atoms with E-state index in [2.05, 4.69) is 41.3 Å². The Balaban J connectivity index is 2.39. The van der Waals surface area contributed by atoms with Gasteiger partial charge in [0.15, 0.2) is 0 Å². The molecule has 0 fully saturated rings. The van der Waals surface area contributed by atoms with E-state index in [1.807, 2.05) is 18.0 Å². The van der Waals surface area contributed by atoms with Crippen molar-refractivity contribution >= 4 is 11.8 Å². The van der Waals surface area contributed by atoms with Crippen LogP contribution in [0.15, 0.2) is 12.3 Å². The van der Waals surface area contributed by atoms with Crippen LogP contribution in [0.4, 0.5) is 0 Å². The Kier molecular flexibility index (Phi) is 5.79. The Hall–Kier alpha value is -0.480. The van der Waals surface area contributed by atoms with Crippen LogP contribution >= 0.6 is 11.8 Å². The van der Waals surface area contributed by atoms with Crippen LogP contribution < -0.4 is 5.32 Å². The van der Waals surface area contributed by atoms with Gasteiger partial charge in [-0.15, -0.1) is 0 Å². The molecular weight excluding hydrogens is 206 g/mol. The highest BCUT2D eigenvalue weighted by atomic mass is 32.2. The van der Waals surface area contributed by atoms with Crippen molar-refractivity contribution in [1.29, 1.82) is 0 Å². The number of aromatic nitrogens is 2. The number of hydrogen-bond donors (Lipinski definition) is 1. The first-order valence-electron chi connectivity index (χ1n) is 5.47. The molecule has 0 radical (unpaired) electrons. The zero-order valence-corrected chi connectivity index (χ0v) is 10.7. The maximum atomic E-state index is 4.33. The third kappa shape index (κ3) is 4.71. The number of rotatable bonds is 7. The Morgan fingerprint density at radius 3 is 3.00 bits per heavy atom. The fourth-order valence-electron chi connectivity index (χ4n) is 1.38. The predicted molar refractivity (Wildman–Crippen MR) is 67.2 cm³/mol. The molecule has 0 aliphatic rings. The van der Waals surface area contributed by atoms with Gasteiger partial charge in [0.05, 0.1) is 5.69 Å². The summed E-state index contributed by atoms with van der Waals surface area (Å²) >= 11 is 1.89. The predicted octanol–water partition coefficient (Wildman–Crippen LogP) is 2.13. The van der Waals surface area contributed by atoms with Crippen LogP contribution in [0.1, 0.15) is 26.0 Å². The molecule has 3 nitrogen and oxygen atoms in total. The molecule has 0 saturated carbocycles. The van der Waals surface area contributed by atoms with E-state index >= 15 is 0 Å². The number of nitrogens with zero attached hydrogens (tertiary/aromatic N) is 2. The van der Waals surface area contributed by atoms with Gasteiger partial charge in [-0.2, -0.15) is 16.9 Å². The highest BCUT2D eigenvalue weighted by Crippen LogP contribution is 2.03. The lowest BCUT2D eigenvalue weighted by Crippen LogP contribution is -2.23. The number of thioether (sulfide) groups is 1. The molecule has 0 aliphatic carbocycles. The first-order chi connectivity index (χ1) is 7.24. The Labute approximate surface area is 96.6 Å². The van der Waals surface area contributed by atoms with Crippen molar-refractivity contribution in [3.05, 3.63) is 18.0 Å². The minimum Gasteiger partial charge on any atom is -0.309 e. The molecule has 0 unspecified atom stereocenters. The van der Waals surface area contributed by atoms with E-state index in [-0.39, 0.29) is 0 Å². The smallest absolute Gasteiger partial charge is 0.0522 e. The Morgan fingerprint density at radius 1 is 1.53 bits per heavy atom. The summed E-state index contributed by atoms with van der Waals surface area (Å²) in [4.78, 5) is 0. The molecule has 0 saturated heterocycles. The summed E-state index contributed by atoms with van der Waals surface area (Å²) in [6.07, 6.45) is 5.22. The highest BCUT2D eigenvalue weighted by molar-refractivity contribution is 7.98. The van der Waals surface area contributed by atoms with Gasteiger partial charge in [-0.3, -0.25) is 4.68 Å². The lowest BCUT2D eigenvalue weighted by Gasteiger charge is -2.10. The third-order valence-electron chi connectivity index (χ3n) is 2.21. The largest absolute Gasteiger partial charge is 0.309 e. The Bertz CT molecular complexity index is 271. The first kappa shape index (κ1) is 12.6. The highest BCUT2D eigenvalue weighted by Gasteiger charge is 2.02. The molecule has 0 atom stereocenters. The molecular formula is C11H21N3S. The van der Waals surface area contributed by atoms with Crippen molar-refractivity contribution in [3.8, 4) is 0 Å². The molecule has 86 valence electrons. The second kappa shape index (κ2) is 6.90. The van der Waals surface area contributed by atoms with Crippen molar-refractivity contribution in [1.82, 2.24) is 15.1 Å². The van der Waals surface area contributed by atoms with Crippen molar-refractivity contribution in [2.45, 2.75) is 39.4 Å². The Morgan fingerprint density at radius 2 is 2.33 bits per heavy atom. The van der Waals surface area contributed by atoms with Crippen LogP contribution in [0.5, 0.6) is 0 Å². The maximum absolute atomic E-state index is 4.33. The molecule has 1 aromatic rings. The van der Waals surface area contributed by atoms with Crippen LogP contribution in [0.25, 0.3) is 0 Å². The first-order valence-corrected chi connectivity index (χ1v) is 6.86. The van der Waals surface area contributed by atoms with E-state index in [0.29, 0.717) is 6.04 Å². The normalized spacial score (nSPS) is 11.2. The van der Waals surface area contributed by atoms with Crippen LogP contribution in [0.3, 0.4) is 0 Å². The number of nitrogens with one attached hydrogen (secondary N) is 1. The van der Waals surface area contributed by atoms with Crippen molar-refractivity contribution in [3.63, 3.8) is 0 Å². The van der Waals surface area contributed by atoms with E-state index in [1.165, 1.54) is 17.9 Å². The molecule has 0 amide bonds. The minimum atomic E-state index is 0.527. The summed E-state index contributed by atoms with van der Waals surface area (Å²) in [6.45, 7) is 6.27. The standard InChI is InChI=1S/C11H21N3S/c1-10(2)12-9-11-5-6-13-14(11)7-4-8-15-3/h5-6,10,12H,4,7-9H2,1-3H3. The summed E-state index contributed by atoms with van der Waals surface area (Å²) in [6, 6.07) is 2.62. The van der Waals surface area contributed by atoms with Gasteiger partial charge in [0.1, 0.15) is 0 Å². The second-order valence-electron chi connectivity index (χ2n) is 3.93. The molecule has 1 heterocycles. The van der Waals surface area contributed by atoms with E-state index in [1.54, 1.807) is 0 Å². The second-order valence-corrected chi connectivity index (χ2v) is 4.91. The van der Waals surface area contributed by atoms with Gasteiger partial charge in [0.2, 0.25) is 0 Å². The number of aryl methyl sites for hydroxylation is 1. The molecule has 4 heteroatoms. The van der Waals surface area contributed by atoms with Crippen LogP contribution in [-0.2, 0) is 13.1 Å². The SMILES string of the molecule is CSCCCn1nccc1CNC(C)C. The van der Waals surface area contributed by atoms with E-state index in [9.17, 15) is 0 Å². The van der Waals surface area contributed by atoms with Gasteiger partial charge in [-0.05, 0) is 24.5 Å². The van der Waals surface area contributed by atoms with Gasteiger partial charge < -0.3 is 5.32 Å². The summed E-state index contributed by atoms with van der Waals surface area (Å²) in [5.41, 5.74) is 1.28. The molecule has 0 spiro atoms. The maximum Gasteiger partial charge on any atom is 0.0522 e. The van der Waals surface area contributed by atoms with Gasteiger partial charge in [-0.25, -0.2) is 0 Å². The van der Waals surface area contributed by atoms with Gasteiger partial charge in [-0.1, -0.05) is 13.8 Å². The molecule has 0 aliphatic heterocycles. The lowest BCUT2D eigenvalue weighted by atomic mass is 10.3. The molecule has 0 aromatic carbocycles. The minimum absolute atomic E-state index is 0.527. The van der Waals surface area contributed by atoms with Crippen molar-refractivity contribution in [2.24, 2.45) is 0 Å². The lowest BCUT2D eigenvalue weighted by molar-refractivity contribution is 0.525. The molecule has 1 aromatic heterocycles. The molecule has 1 N–H and O–H groups in total. The quantitative estimate of drug-likeness (QED) is 0.724. The average Bonchev–Trinajstić information content (AvgIpc) is 2.63. The van der Waals surface area contributed by atoms with E-state index < -0.39 is 0 Å². The molecule has 0 bridgehead atoms. The van der Waals surface area contributed by atoms with E-state index in [4.69, 9.17) is 0 Å². The van der Waals surface area contributed by atoms with E-state index in [0.717, 1.165) is 13.1 Å². The average molecular weight is 227 g/mol. The topological polar surface area (TPSA) is 29.9 Å². The van der Waals surface area contributed by atoms with Crippen LogP contribution in [-0.4, -0.2) is 27.8 Å². The summed E-state index contributed by atoms with van der Waals surface area (Å²) in [5.74, 6) is 1.21. The summed E-state index contributed by atoms with van der Waals surface area (Å²) in [5, 5.41) is 7.75. The van der Waals surface area contributed by atoms with Gasteiger partial charge in [0, 0.05) is 25.3 Å². The van der Waals surface area contributed by atoms with Crippen LogP contribution in [0.2, 0.25) is 0 Å². The zero-order chi connectivity index (χ0) is 11.1. The van der Waals surface area contributed by atoms with Crippen molar-refractivity contribution in [2.75, 3.05) is 12.0 Å². The van der Waals surface area contributed by atoms with Crippen molar-refractivity contribution < 1.29 is 0 Å². The molecule has 15 heavy (non-hydrogen) atoms. The summed E-state index contributed by atoms with van der Waals surface area (Å²) < 4.78 is 2.10. The van der Waals surface area contributed by atoms with Gasteiger partial charge >= 0.3 is 0 Å². The third-order valence-corrected chi connectivity index (χ3v) is 2.91. The fraction of sp³-hybridized carbons (Fsp3) is 0.727. The van der Waals surface area contributed by atoms with Gasteiger partial charge in [0.25, 0.3) is 0 Å². The summed E-state index contributed by atoms with van der Waals surface area (Å²) in [7, 11) is 0.